The maximum absolute atomic E-state index is 12.9. The minimum Gasteiger partial charge on any atom is -0.460 e. The third-order valence-electron chi connectivity index (χ3n) is 5.75. The van der Waals surface area contributed by atoms with E-state index in [0.29, 0.717) is 18.9 Å². The lowest BCUT2D eigenvalue weighted by Crippen LogP contribution is -2.33. The van der Waals surface area contributed by atoms with Gasteiger partial charge in [0.1, 0.15) is 17.2 Å². The minimum absolute atomic E-state index is 0.0685. The molecule has 0 radical (unpaired) electrons. The van der Waals surface area contributed by atoms with Gasteiger partial charge in [0.2, 0.25) is 5.91 Å². The van der Waals surface area contributed by atoms with Gasteiger partial charge < -0.3 is 9.73 Å². The highest BCUT2D eigenvalue weighted by Gasteiger charge is 2.21. The topological polar surface area (TPSA) is 45.5 Å². The van der Waals surface area contributed by atoms with Crippen molar-refractivity contribution in [2.45, 2.75) is 38.8 Å². The number of carbonyl (C=O) groups excluding carboxylic acids is 1. The molecular weight excluding hydrogens is 367 g/mol. The summed E-state index contributed by atoms with van der Waals surface area (Å²) in [6.45, 7) is 3.38. The summed E-state index contributed by atoms with van der Waals surface area (Å²) in [4.78, 5) is 14.5. The molecule has 5 heteroatoms. The molecule has 3 aromatic rings. The summed E-state index contributed by atoms with van der Waals surface area (Å²) in [5.74, 6) is 1.43. The van der Waals surface area contributed by atoms with Crippen LogP contribution in [0.25, 0.3) is 11.0 Å². The lowest BCUT2D eigenvalue weighted by atomic mass is 9.92. The highest BCUT2D eigenvalue weighted by molar-refractivity contribution is 5.77. The third-order valence-corrected chi connectivity index (χ3v) is 5.75. The van der Waals surface area contributed by atoms with Crippen LogP contribution in [0.4, 0.5) is 4.39 Å². The summed E-state index contributed by atoms with van der Waals surface area (Å²) in [5.41, 5.74) is 1.86. The van der Waals surface area contributed by atoms with Gasteiger partial charge in [0.25, 0.3) is 0 Å². The van der Waals surface area contributed by atoms with E-state index in [4.69, 9.17) is 4.42 Å². The fourth-order valence-electron chi connectivity index (χ4n) is 3.99. The Morgan fingerprint density at radius 2 is 1.86 bits per heavy atom. The molecule has 1 N–H and O–H groups in total. The molecule has 1 fully saturated rings. The summed E-state index contributed by atoms with van der Waals surface area (Å²) in [5, 5.41) is 4.08. The molecule has 1 aromatic heterocycles. The predicted octanol–water partition coefficient (Wildman–Crippen LogP) is 4.88. The molecule has 0 bridgehead atoms. The number of carbonyl (C=O) groups is 1. The van der Waals surface area contributed by atoms with E-state index in [0.717, 1.165) is 61.2 Å². The van der Waals surface area contributed by atoms with E-state index < -0.39 is 0 Å². The molecule has 4 nitrogen and oxygen atoms in total. The second kappa shape index (κ2) is 9.23. The number of hydrogen-bond donors (Lipinski definition) is 1. The number of piperidine rings is 1. The van der Waals surface area contributed by atoms with Crippen LogP contribution in [0, 0.1) is 11.7 Å². The van der Waals surface area contributed by atoms with Crippen LogP contribution in [0.15, 0.2) is 59.0 Å². The van der Waals surface area contributed by atoms with Crippen molar-refractivity contribution < 1.29 is 13.6 Å². The molecule has 1 amide bonds. The molecule has 2 heterocycles. The van der Waals surface area contributed by atoms with E-state index in [1.807, 2.05) is 18.2 Å². The van der Waals surface area contributed by atoms with Gasteiger partial charge in [0.05, 0.1) is 6.54 Å². The number of nitrogens with one attached hydrogen (secondary N) is 1. The van der Waals surface area contributed by atoms with Gasteiger partial charge in [-0.25, -0.2) is 4.39 Å². The molecule has 2 aromatic carbocycles. The molecule has 0 saturated carbocycles. The number of halogens is 1. The van der Waals surface area contributed by atoms with E-state index >= 15 is 0 Å². The number of para-hydroxylation sites is 1. The highest BCUT2D eigenvalue weighted by Crippen LogP contribution is 2.25. The fraction of sp³-hybridized carbons (Fsp3) is 0.375. The van der Waals surface area contributed by atoms with Crippen LogP contribution in [-0.4, -0.2) is 23.9 Å². The zero-order valence-corrected chi connectivity index (χ0v) is 16.6. The number of rotatable bonds is 7. The van der Waals surface area contributed by atoms with Crippen molar-refractivity contribution in [3.63, 3.8) is 0 Å². The maximum atomic E-state index is 12.9. The van der Waals surface area contributed by atoms with Gasteiger partial charge in [-0.15, -0.1) is 0 Å². The summed E-state index contributed by atoms with van der Waals surface area (Å²) in [6.07, 6.45) is 3.71. The fourth-order valence-corrected chi connectivity index (χ4v) is 3.99. The second-order valence-corrected chi connectivity index (χ2v) is 7.91. The number of benzene rings is 2. The van der Waals surface area contributed by atoms with Gasteiger partial charge in [0.15, 0.2) is 0 Å². The zero-order valence-electron chi connectivity index (χ0n) is 16.6. The Balaban J connectivity index is 1.16. The van der Waals surface area contributed by atoms with E-state index in [1.54, 1.807) is 12.1 Å². The third kappa shape index (κ3) is 5.45. The van der Waals surface area contributed by atoms with Crippen molar-refractivity contribution in [3.8, 4) is 0 Å². The molecule has 0 unspecified atom stereocenters. The van der Waals surface area contributed by atoms with Crippen molar-refractivity contribution in [1.82, 2.24) is 10.2 Å². The minimum atomic E-state index is -0.258. The standard InChI is InChI=1S/C24H27FN2O2/c25-21-8-5-19(6-9-21)16-26-24(28)10-7-18-11-13-27(14-12-18)17-22-15-20-3-1-2-4-23(20)29-22/h1-6,8-9,15,18H,7,10-14,16-17H2,(H,26,28). The molecular formula is C24H27FN2O2. The largest absolute Gasteiger partial charge is 0.460 e. The molecule has 1 aliphatic rings. The normalized spacial score (nSPS) is 15.6. The van der Waals surface area contributed by atoms with Gasteiger partial charge in [-0.3, -0.25) is 9.69 Å². The zero-order chi connectivity index (χ0) is 20.1. The highest BCUT2D eigenvalue weighted by atomic mass is 19.1. The Labute approximate surface area is 170 Å². The van der Waals surface area contributed by atoms with E-state index in [9.17, 15) is 9.18 Å². The first-order chi connectivity index (χ1) is 14.2. The first-order valence-electron chi connectivity index (χ1n) is 10.4. The Morgan fingerprint density at radius 3 is 2.62 bits per heavy atom. The number of fused-ring (bicyclic) bond motifs is 1. The van der Waals surface area contributed by atoms with Crippen LogP contribution in [0.3, 0.4) is 0 Å². The second-order valence-electron chi connectivity index (χ2n) is 7.91. The predicted molar refractivity (Wildman–Crippen MR) is 112 cm³/mol. The summed E-state index contributed by atoms with van der Waals surface area (Å²) >= 11 is 0. The van der Waals surface area contributed by atoms with Crippen molar-refractivity contribution in [2.75, 3.05) is 13.1 Å². The van der Waals surface area contributed by atoms with Crippen molar-refractivity contribution in [3.05, 3.63) is 71.7 Å². The maximum Gasteiger partial charge on any atom is 0.220 e. The number of hydrogen-bond acceptors (Lipinski definition) is 3. The van der Waals surface area contributed by atoms with Crippen LogP contribution >= 0.6 is 0 Å². The number of furan rings is 1. The molecule has 152 valence electrons. The summed E-state index contributed by atoms with van der Waals surface area (Å²) in [6, 6.07) is 16.5. The van der Waals surface area contributed by atoms with Crippen molar-refractivity contribution in [2.24, 2.45) is 5.92 Å². The van der Waals surface area contributed by atoms with Crippen LogP contribution in [-0.2, 0) is 17.9 Å². The lowest BCUT2D eigenvalue weighted by molar-refractivity contribution is -0.121. The monoisotopic (exact) mass is 394 g/mol. The van der Waals surface area contributed by atoms with E-state index in [-0.39, 0.29) is 11.7 Å². The summed E-state index contributed by atoms with van der Waals surface area (Å²) < 4.78 is 18.8. The molecule has 29 heavy (non-hydrogen) atoms. The number of nitrogens with zero attached hydrogens (tertiary/aromatic N) is 1. The Morgan fingerprint density at radius 1 is 1.10 bits per heavy atom. The molecule has 0 spiro atoms. The van der Waals surface area contributed by atoms with E-state index in [1.165, 1.54) is 12.1 Å². The van der Waals surface area contributed by atoms with Crippen molar-refractivity contribution >= 4 is 16.9 Å². The van der Waals surface area contributed by atoms with Gasteiger partial charge in [-0.1, -0.05) is 30.3 Å². The van der Waals surface area contributed by atoms with Gasteiger partial charge in [-0.2, -0.15) is 0 Å². The Kier molecular flexibility index (Phi) is 6.25. The molecule has 1 saturated heterocycles. The lowest BCUT2D eigenvalue weighted by Gasteiger charge is -2.31. The smallest absolute Gasteiger partial charge is 0.220 e. The van der Waals surface area contributed by atoms with Crippen LogP contribution in [0.1, 0.15) is 37.0 Å². The molecule has 0 aliphatic carbocycles. The number of amides is 1. The first kappa shape index (κ1) is 19.6. The molecule has 4 rings (SSSR count). The first-order valence-corrected chi connectivity index (χ1v) is 10.4. The number of likely N-dealkylation sites (tertiary alicyclic amines) is 1. The van der Waals surface area contributed by atoms with E-state index in [2.05, 4.69) is 22.3 Å². The molecule has 1 aliphatic heterocycles. The molecule has 0 atom stereocenters. The van der Waals surface area contributed by atoms with Crippen LogP contribution < -0.4 is 5.32 Å². The Bertz CT molecular complexity index is 910. The Hall–Kier alpha value is -2.66. The average molecular weight is 394 g/mol. The summed E-state index contributed by atoms with van der Waals surface area (Å²) in [7, 11) is 0. The van der Waals surface area contributed by atoms with Gasteiger partial charge in [-0.05, 0) is 68.1 Å². The van der Waals surface area contributed by atoms with Crippen LogP contribution in [0.2, 0.25) is 0 Å². The average Bonchev–Trinajstić information content (AvgIpc) is 3.15. The SMILES string of the molecule is O=C(CCC1CCN(Cc2cc3ccccc3o2)CC1)NCc1ccc(F)cc1. The quantitative estimate of drug-likeness (QED) is 0.621. The van der Waals surface area contributed by atoms with Gasteiger partial charge in [0, 0.05) is 18.4 Å². The van der Waals surface area contributed by atoms with Crippen LogP contribution in [0.5, 0.6) is 0 Å². The van der Waals surface area contributed by atoms with Gasteiger partial charge >= 0.3 is 0 Å². The van der Waals surface area contributed by atoms with Crippen molar-refractivity contribution in [1.29, 1.82) is 0 Å².